The molecule has 20 heavy (non-hydrogen) atoms. The molecule has 1 amide bonds. The molecule has 0 aliphatic heterocycles. The number of amides is 1. The van der Waals surface area contributed by atoms with E-state index in [4.69, 9.17) is 11.6 Å². The van der Waals surface area contributed by atoms with E-state index in [1.165, 1.54) is 12.6 Å². The van der Waals surface area contributed by atoms with Crippen molar-refractivity contribution in [1.82, 2.24) is 15.3 Å². The molecule has 0 atom stereocenters. The lowest BCUT2D eigenvalue weighted by Gasteiger charge is -2.09. The quantitative estimate of drug-likeness (QED) is 0.779. The van der Waals surface area contributed by atoms with E-state index in [9.17, 15) is 4.79 Å². The minimum Gasteiger partial charge on any atom is -0.351 e. The average molecular weight is 298 g/mol. The zero-order valence-electron chi connectivity index (χ0n) is 12.7. The topological polar surface area (TPSA) is 54.9 Å². The van der Waals surface area contributed by atoms with E-state index in [0.29, 0.717) is 23.3 Å². The molecule has 112 valence electrons. The number of carbonyl (C=O) groups excluding carboxylic acids is 1. The average Bonchev–Trinajstić information content (AvgIpc) is 2.37. The summed E-state index contributed by atoms with van der Waals surface area (Å²) in [6.07, 6.45) is 4.77. The van der Waals surface area contributed by atoms with Crippen LogP contribution in [0.4, 0.5) is 0 Å². The Morgan fingerprint density at radius 2 is 2.00 bits per heavy atom. The number of rotatable bonds is 7. The van der Waals surface area contributed by atoms with E-state index < -0.39 is 0 Å². The highest BCUT2D eigenvalue weighted by Gasteiger charge is 2.14. The highest BCUT2D eigenvalue weighted by molar-refractivity contribution is 6.33. The molecule has 1 aromatic heterocycles. The van der Waals surface area contributed by atoms with E-state index in [1.54, 1.807) is 0 Å². The second-order valence-corrected chi connectivity index (χ2v) is 6.13. The smallest absolute Gasteiger partial charge is 0.271 e. The van der Waals surface area contributed by atoms with Gasteiger partial charge in [-0.3, -0.25) is 4.79 Å². The number of unbranched alkanes of at least 4 members (excludes halogenated alkanes) is 1. The van der Waals surface area contributed by atoms with Crippen LogP contribution in [0.3, 0.4) is 0 Å². The lowest BCUT2D eigenvalue weighted by atomic mass is 10.1. The predicted octanol–water partition coefficient (Wildman–Crippen LogP) is 3.81. The third-order valence-electron chi connectivity index (χ3n) is 2.99. The van der Waals surface area contributed by atoms with Gasteiger partial charge in [-0.2, -0.15) is 0 Å². The van der Waals surface area contributed by atoms with Gasteiger partial charge in [0.2, 0.25) is 0 Å². The van der Waals surface area contributed by atoms with Gasteiger partial charge in [0.05, 0.1) is 11.2 Å². The first-order valence-corrected chi connectivity index (χ1v) is 7.60. The lowest BCUT2D eigenvalue weighted by molar-refractivity contribution is 0.0947. The largest absolute Gasteiger partial charge is 0.351 e. The van der Waals surface area contributed by atoms with Crippen molar-refractivity contribution in [2.24, 2.45) is 5.92 Å². The van der Waals surface area contributed by atoms with Crippen molar-refractivity contribution >= 4 is 17.5 Å². The Morgan fingerprint density at radius 1 is 1.30 bits per heavy atom. The molecule has 0 aliphatic carbocycles. The van der Waals surface area contributed by atoms with Gasteiger partial charge < -0.3 is 5.32 Å². The van der Waals surface area contributed by atoms with Crippen LogP contribution in [0.5, 0.6) is 0 Å². The van der Waals surface area contributed by atoms with Crippen molar-refractivity contribution in [2.75, 3.05) is 6.54 Å². The Kier molecular flexibility index (Phi) is 6.93. The first-order chi connectivity index (χ1) is 9.41. The molecule has 0 saturated carbocycles. The number of hydrogen-bond donors (Lipinski definition) is 1. The van der Waals surface area contributed by atoms with Crippen LogP contribution in [0.1, 0.15) is 69.2 Å². The van der Waals surface area contributed by atoms with Crippen LogP contribution in [0.15, 0.2) is 6.20 Å². The molecule has 1 aromatic rings. The fourth-order valence-electron chi connectivity index (χ4n) is 1.78. The van der Waals surface area contributed by atoms with Gasteiger partial charge in [0, 0.05) is 12.5 Å². The second kappa shape index (κ2) is 8.20. The molecule has 1 rings (SSSR count). The van der Waals surface area contributed by atoms with Crippen molar-refractivity contribution in [2.45, 2.75) is 52.9 Å². The molecule has 0 aromatic carbocycles. The van der Waals surface area contributed by atoms with Crippen molar-refractivity contribution in [3.63, 3.8) is 0 Å². The molecule has 1 N–H and O–H groups in total. The maximum atomic E-state index is 12.1. The van der Waals surface area contributed by atoms with E-state index in [-0.39, 0.29) is 17.5 Å². The molecule has 1 heterocycles. The Hall–Kier alpha value is -1.16. The maximum absolute atomic E-state index is 12.1. The molecule has 0 aliphatic rings. The van der Waals surface area contributed by atoms with E-state index >= 15 is 0 Å². The molecular formula is C15H24ClN3O. The van der Waals surface area contributed by atoms with Crippen molar-refractivity contribution in [3.8, 4) is 0 Å². The Bertz CT molecular complexity index is 447. The normalized spacial score (nSPS) is 11.2. The fraction of sp³-hybridized carbons (Fsp3) is 0.667. The van der Waals surface area contributed by atoms with Crippen molar-refractivity contribution < 1.29 is 4.79 Å². The number of halogens is 1. The van der Waals surface area contributed by atoms with Crippen LogP contribution in [-0.4, -0.2) is 22.4 Å². The standard InChI is InChI=1S/C15H24ClN3O/c1-10(2)7-5-6-8-17-15(20)13-12(16)9-18-14(19-13)11(3)4/h9-11H,5-8H2,1-4H3,(H,17,20). The fourth-order valence-corrected chi connectivity index (χ4v) is 1.96. The van der Waals surface area contributed by atoms with Crippen molar-refractivity contribution in [3.05, 3.63) is 22.7 Å². The van der Waals surface area contributed by atoms with Crippen molar-refractivity contribution in [1.29, 1.82) is 0 Å². The molecule has 0 saturated heterocycles. The molecule has 0 unspecified atom stereocenters. The summed E-state index contributed by atoms with van der Waals surface area (Å²) in [4.78, 5) is 20.4. The summed E-state index contributed by atoms with van der Waals surface area (Å²) >= 11 is 5.99. The van der Waals surface area contributed by atoms with Gasteiger partial charge in [-0.05, 0) is 12.3 Å². The highest BCUT2D eigenvalue weighted by atomic mass is 35.5. The monoisotopic (exact) mass is 297 g/mol. The Labute approximate surface area is 126 Å². The summed E-state index contributed by atoms with van der Waals surface area (Å²) in [5.74, 6) is 1.30. The third kappa shape index (κ3) is 5.45. The minimum absolute atomic E-state index is 0.171. The zero-order chi connectivity index (χ0) is 15.1. The van der Waals surface area contributed by atoms with Crippen LogP contribution in [-0.2, 0) is 0 Å². The molecule has 0 fully saturated rings. The summed E-state index contributed by atoms with van der Waals surface area (Å²) in [5.41, 5.74) is 0.272. The highest BCUT2D eigenvalue weighted by Crippen LogP contribution is 2.16. The Morgan fingerprint density at radius 3 is 2.60 bits per heavy atom. The zero-order valence-corrected chi connectivity index (χ0v) is 13.5. The molecule has 5 heteroatoms. The van der Waals surface area contributed by atoms with Crippen LogP contribution in [0.2, 0.25) is 5.02 Å². The summed E-state index contributed by atoms with van der Waals surface area (Å²) in [6.45, 7) is 9.02. The van der Waals surface area contributed by atoms with E-state index in [2.05, 4.69) is 29.1 Å². The van der Waals surface area contributed by atoms with Gasteiger partial charge in [0.15, 0.2) is 0 Å². The van der Waals surface area contributed by atoms with Gasteiger partial charge in [0.25, 0.3) is 5.91 Å². The summed E-state index contributed by atoms with van der Waals surface area (Å²) in [6, 6.07) is 0. The van der Waals surface area contributed by atoms with Gasteiger partial charge in [-0.1, -0.05) is 52.1 Å². The third-order valence-corrected chi connectivity index (χ3v) is 3.26. The molecule has 0 bridgehead atoms. The predicted molar refractivity (Wildman–Crippen MR) is 82.2 cm³/mol. The number of nitrogens with zero attached hydrogens (tertiary/aromatic N) is 2. The van der Waals surface area contributed by atoms with E-state index in [1.807, 2.05) is 13.8 Å². The van der Waals surface area contributed by atoms with E-state index in [0.717, 1.165) is 12.8 Å². The first kappa shape index (κ1) is 16.9. The van der Waals surface area contributed by atoms with Crippen LogP contribution >= 0.6 is 11.6 Å². The van der Waals surface area contributed by atoms with Gasteiger partial charge >= 0.3 is 0 Å². The summed E-state index contributed by atoms with van der Waals surface area (Å²) < 4.78 is 0. The number of nitrogens with one attached hydrogen (secondary N) is 1. The van der Waals surface area contributed by atoms with Gasteiger partial charge in [-0.15, -0.1) is 0 Å². The van der Waals surface area contributed by atoms with Gasteiger partial charge in [-0.25, -0.2) is 9.97 Å². The number of carbonyl (C=O) groups is 1. The minimum atomic E-state index is -0.219. The molecule has 0 spiro atoms. The first-order valence-electron chi connectivity index (χ1n) is 7.22. The number of hydrogen-bond acceptors (Lipinski definition) is 3. The SMILES string of the molecule is CC(C)CCCCNC(=O)c1nc(C(C)C)ncc1Cl. The Balaban J connectivity index is 2.52. The van der Waals surface area contributed by atoms with Crippen LogP contribution < -0.4 is 5.32 Å². The maximum Gasteiger partial charge on any atom is 0.271 e. The van der Waals surface area contributed by atoms with Crippen LogP contribution in [0.25, 0.3) is 0 Å². The van der Waals surface area contributed by atoms with Crippen LogP contribution in [0, 0.1) is 5.92 Å². The lowest BCUT2D eigenvalue weighted by Crippen LogP contribution is -2.26. The summed E-state index contributed by atoms with van der Waals surface area (Å²) in [5, 5.41) is 3.17. The summed E-state index contributed by atoms with van der Waals surface area (Å²) in [7, 11) is 0. The molecule has 4 nitrogen and oxygen atoms in total. The molecule has 0 radical (unpaired) electrons. The second-order valence-electron chi connectivity index (χ2n) is 5.72. The van der Waals surface area contributed by atoms with Gasteiger partial charge in [0.1, 0.15) is 11.5 Å². The molecular weight excluding hydrogens is 274 g/mol. The number of aromatic nitrogens is 2.